The van der Waals surface area contributed by atoms with E-state index in [1.807, 2.05) is 40.0 Å². The number of hydrogen-bond acceptors (Lipinski definition) is 7. The van der Waals surface area contributed by atoms with Crippen molar-refractivity contribution in [2.45, 2.75) is 39.5 Å². The van der Waals surface area contributed by atoms with Crippen LogP contribution < -0.4 is 18.3 Å². The van der Waals surface area contributed by atoms with Gasteiger partial charge in [-0.1, -0.05) is 25.1 Å². The largest absolute Gasteiger partial charge is 0.545 e. The molecule has 0 amide bonds. The maximum absolute atomic E-state index is 13.9. The van der Waals surface area contributed by atoms with Gasteiger partial charge in [-0.3, -0.25) is 9.10 Å². The molecule has 5 atom stereocenters. The smallest absolute Gasteiger partial charge is 0.326 e. The van der Waals surface area contributed by atoms with E-state index < -0.39 is 46.0 Å². The van der Waals surface area contributed by atoms with Crippen LogP contribution in [-0.2, 0) is 39.3 Å². The lowest BCUT2D eigenvalue weighted by atomic mass is 9.59. The van der Waals surface area contributed by atoms with Crippen LogP contribution in [0.5, 0.6) is 0 Å². The molecule has 12 heteroatoms. The van der Waals surface area contributed by atoms with E-state index in [1.54, 1.807) is 25.1 Å². The van der Waals surface area contributed by atoms with Crippen LogP contribution in [0.2, 0.25) is 0 Å². The molecular weight excluding hydrogens is 560 g/mol. The second-order valence-corrected chi connectivity index (χ2v) is 13.4. The van der Waals surface area contributed by atoms with Gasteiger partial charge in [0.05, 0.1) is 43.1 Å². The highest BCUT2D eigenvalue weighted by molar-refractivity contribution is 7.94. The average Bonchev–Trinajstić information content (AvgIpc) is 3.48. The average molecular weight is 595 g/mol. The molecule has 0 bridgehead atoms. The predicted octanol–water partition coefficient (Wildman–Crippen LogP) is 0.173. The molecule has 11 nitrogen and oxygen atoms in total. The molecule has 0 radical (unpaired) electrons. The summed E-state index contributed by atoms with van der Waals surface area (Å²) in [5.74, 6) is -4.24. The Kier molecular flexibility index (Phi) is 6.90. The van der Waals surface area contributed by atoms with Crippen molar-refractivity contribution in [2.24, 2.45) is 23.7 Å². The van der Waals surface area contributed by atoms with E-state index in [0.29, 0.717) is 36.5 Å². The standard InChI is InChI=1S/C30H34N4O7S/c1-17-21(27(30(38)39)28-24(17)25(18(2)36)29(28)37)15-34-23-6-4-5-20-19(9-10-32-11-12-33(16-32)13-14-35)7-8-22(26(20)23)31(3)42(34,40)41/h4-8,11-12,16-18,24-25,28,35-36H,9-10,13-15H2,1-3H3/t17-,18+,24+,25+,28?/m0/s1. The highest BCUT2D eigenvalue weighted by atomic mass is 32.2. The van der Waals surface area contributed by atoms with Crippen LogP contribution in [0, 0.1) is 23.7 Å². The number of aliphatic hydroxyl groups is 2. The number of carboxylic acids is 1. The Balaban J connectivity index is 1.40. The Morgan fingerprint density at radius 1 is 1.19 bits per heavy atom. The van der Waals surface area contributed by atoms with E-state index in [9.17, 15) is 33.3 Å². The fraction of sp³-hybridized carbons (Fsp3) is 0.433. The lowest BCUT2D eigenvalue weighted by Crippen LogP contribution is -2.54. The van der Waals surface area contributed by atoms with Gasteiger partial charge in [0.25, 0.3) is 0 Å². The quantitative estimate of drug-likeness (QED) is 0.336. The van der Waals surface area contributed by atoms with Crippen LogP contribution in [-0.4, -0.2) is 61.3 Å². The highest BCUT2D eigenvalue weighted by Gasteiger charge is 2.60. The van der Waals surface area contributed by atoms with Crippen molar-refractivity contribution >= 4 is 44.1 Å². The third-order valence-electron chi connectivity index (χ3n) is 9.34. The third kappa shape index (κ3) is 4.15. The molecule has 222 valence electrons. The van der Waals surface area contributed by atoms with Gasteiger partial charge in [0.15, 0.2) is 0 Å². The maximum atomic E-state index is 13.9. The number of imidazole rings is 1. The number of rotatable bonds is 9. The number of aliphatic carboxylic acids is 1. The Morgan fingerprint density at radius 2 is 1.95 bits per heavy atom. The summed E-state index contributed by atoms with van der Waals surface area (Å²) in [4.78, 5) is 25.2. The summed E-state index contributed by atoms with van der Waals surface area (Å²) in [5.41, 5.74) is 2.19. The van der Waals surface area contributed by atoms with E-state index >= 15 is 0 Å². The Bertz CT molecular complexity index is 1750. The molecular formula is C30H34N4O7S. The molecule has 2 aromatic carbocycles. The van der Waals surface area contributed by atoms with Crippen molar-refractivity contribution in [1.82, 2.24) is 4.57 Å². The van der Waals surface area contributed by atoms with Crippen molar-refractivity contribution < 1.29 is 37.9 Å². The summed E-state index contributed by atoms with van der Waals surface area (Å²) in [6.07, 6.45) is 5.50. The normalized spacial score (nSPS) is 25.1. The Hall–Kier alpha value is -3.74. The van der Waals surface area contributed by atoms with E-state index in [2.05, 4.69) is 0 Å². The first kappa shape index (κ1) is 28.4. The zero-order valence-corrected chi connectivity index (χ0v) is 24.5. The number of fused-ring (bicyclic) bond motifs is 1. The number of Topliss-reactive ketones (excluding diaryl/α,β-unsaturated/α-hetero) is 1. The van der Waals surface area contributed by atoms with Gasteiger partial charge in [0, 0.05) is 30.7 Å². The van der Waals surface area contributed by atoms with Gasteiger partial charge in [-0.05, 0) is 53.0 Å². The number of aromatic nitrogens is 2. The molecule has 2 aliphatic carbocycles. The summed E-state index contributed by atoms with van der Waals surface area (Å²) in [6, 6.07) is 9.21. The molecule has 42 heavy (non-hydrogen) atoms. The number of ketones is 1. The molecule has 3 aromatic rings. The van der Waals surface area contributed by atoms with E-state index in [-0.39, 0.29) is 24.5 Å². The number of carbonyl (C=O) groups is 2. The monoisotopic (exact) mass is 594 g/mol. The van der Waals surface area contributed by atoms with E-state index in [1.165, 1.54) is 22.6 Å². The number of aliphatic hydroxyl groups excluding tert-OH is 2. The number of anilines is 2. The van der Waals surface area contributed by atoms with Crippen molar-refractivity contribution in [1.29, 1.82) is 0 Å². The molecule has 6 rings (SSSR count). The molecule has 0 saturated heterocycles. The molecule has 1 fully saturated rings. The first-order valence-electron chi connectivity index (χ1n) is 14.1. The lowest BCUT2D eigenvalue weighted by molar-refractivity contribution is -0.697. The number of aryl methyl sites for hydroxylation is 2. The number of carboxylic acid groups (broad SMARTS) is 1. The van der Waals surface area contributed by atoms with Crippen LogP contribution in [0.3, 0.4) is 0 Å². The minimum atomic E-state index is -4.09. The number of benzene rings is 2. The van der Waals surface area contributed by atoms with E-state index in [0.717, 1.165) is 16.3 Å². The summed E-state index contributed by atoms with van der Waals surface area (Å²) in [5, 5.41) is 33.4. The summed E-state index contributed by atoms with van der Waals surface area (Å²) in [7, 11) is -2.61. The van der Waals surface area contributed by atoms with Crippen molar-refractivity contribution in [3.05, 3.63) is 65.8 Å². The van der Waals surface area contributed by atoms with Crippen LogP contribution >= 0.6 is 0 Å². The Morgan fingerprint density at radius 3 is 2.64 bits per heavy atom. The molecule has 1 unspecified atom stereocenters. The summed E-state index contributed by atoms with van der Waals surface area (Å²) < 4.78 is 34.2. The van der Waals surface area contributed by atoms with Crippen LogP contribution in [0.1, 0.15) is 19.4 Å². The van der Waals surface area contributed by atoms with Crippen LogP contribution in [0.4, 0.5) is 11.4 Å². The minimum Gasteiger partial charge on any atom is -0.545 e. The molecule has 1 aromatic heterocycles. The first-order chi connectivity index (χ1) is 20.0. The van der Waals surface area contributed by atoms with Crippen molar-refractivity contribution in [3.8, 4) is 0 Å². The second-order valence-electron chi connectivity index (χ2n) is 11.5. The SMILES string of the molecule is C[C@@H](O)[C@H]1C(=O)C2C(C(=O)[O-])=C(CN3c4cccc5c(CCn6cc[n+](CCO)c6)ccc(c45)N(C)S3(=O)=O)[C@H](C)[C@@H]21. The summed E-state index contributed by atoms with van der Waals surface area (Å²) in [6.45, 7) is 4.31. The van der Waals surface area contributed by atoms with Gasteiger partial charge < -0.3 is 20.1 Å². The fourth-order valence-corrected chi connectivity index (χ4v) is 8.64. The topological polar surface area (TPSA) is 147 Å². The zero-order valence-electron chi connectivity index (χ0n) is 23.7. The number of carbonyl (C=O) groups excluding carboxylic acids is 2. The minimum absolute atomic E-state index is 0.0510. The fourth-order valence-electron chi connectivity index (χ4n) is 7.24. The molecule has 2 heterocycles. The van der Waals surface area contributed by atoms with Crippen molar-refractivity contribution in [2.75, 3.05) is 28.8 Å². The second kappa shape index (κ2) is 10.2. The highest BCUT2D eigenvalue weighted by Crippen LogP contribution is 2.56. The van der Waals surface area contributed by atoms with Gasteiger partial charge in [0.2, 0.25) is 6.33 Å². The van der Waals surface area contributed by atoms with Crippen molar-refractivity contribution in [3.63, 3.8) is 0 Å². The molecule has 1 saturated carbocycles. The zero-order chi connectivity index (χ0) is 30.1. The molecule has 2 N–H and O–H groups in total. The summed E-state index contributed by atoms with van der Waals surface area (Å²) >= 11 is 0. The molecule has 1 aliphatic heterocycles. The lowest BCUT2D eigenvalue weighted by Gasteiger charge is -2.44. The van der Waals surface area contributed by atoms with Crippen LogP contribution in [0.15, 0.2) is 60.2 Å². The van der Waals surface area contributed by atoms with E-state index in [4.69, 9.17) is 0 Å². The first-order valence-corrected chi connectivity index (χ1v) is 15.5. The molecule has 0 spiro atoms. The van der Waals surface area contributed by atoms with Gasteiger partial charge in [-0.15, -0.1) is 0 Å². The number of hydrogen-bond donors (Lipinski definition) is 2. The Labute approximate surface area is 244 Å². The van der Waals surface area contributed by atoms with Gasteiger partial charge in [-0.2, -0.15) is 8.42 Å². The van der Waals surface area contributed by atoms with Crippen LogP contribution in [0.25, 0.3) is 10.8 Å². The van der Waals surface area contributed by atoms with Gasteiger partial charge in [-0.25, -0.2) is 13.4 Å². The molecule has 3 aliphatic rings. The van der Waals surface area contributed by atoms with Gasteiger partial charge >= 0.3 is 10.2 Å². The third-order valence-corrected chi connectivity index (χ3v) is 11.1. The maximum Gasteiger partial charge on any atom is 0.326 e. The number of nitrogens with zero attached hydrogens (tertiary/aromatic N) is 4. The van der Waals surface area contributed by atoms with Gasteiger partial charge in [0.1, 0.15) is 24.7 Å². The predicted molar refractivity (Wildman–Crippen MR) is 152 cm³/mol.